The molecule has 2 rings (SSSR count). The lowest BCUT2D eigenvalue weighted by Crippen LogP contribution is -2.69. The second-order valence-electron chi connectivity index (χ2n) is 7.56. The number of ether oxygens (including phenoxy) is 1. The van der Waals surface area contributed by atoms with E-state index in [1.165, 1.54) is 0 Å². The highest BCUT2D eigenvalue weighted by molar-refractivity contribution is 9.10. The SMILES string of the molecule is CCCCCCCCC(F)N(O)[C@@]1(O)[C@H](O)[C@@H](CO)O[C@]1(O)n1cc(Br)c(=O)[nH]c1=O. The fourth-order valence-electron chi connectivity index (χ4n) is 3.57. The monoisotopic (exact) mass is 513 g/mol. The van der Waals surface area contributed by atoms with Crippen LogP contribution in [0.2, 0.25) is 0 Å². The van der Waals surface area contributed by atoms with Crippen molar-refractivity contribution in [3.05, 3.63) is 31.5 Å². The van der Waals surface area contributed by atoms with Crippen LogP contribution in [0.25, 0.3) is 0 Å². The minimum atomic E-state index is -3.30. The number of hydroxylamine groups is 2. The van der Waals surface area contributed by atoms with E-state index in [-0.39, 0.29) is 20.5 Å². The van der Waals surface area contributed by atoms with Gasteiger partial charge < -0.3 is 30.4 Å². The number of nitrogens with one attached hydrogen (secondary N) is 1. The molecule has 2 heterocycles. The molecule has 0 bridgehead atoms. The molecular formula is C18H29BrFN3O8. The Hall–Kier alpha value is -1.19. The number of unbranched alkanes of at least 4 members (excludes halogenated alkanes) is 5. The summed E-state index contributed by atoms with van der Waals surface area (Å²) in [6.45, 7) is 1.12. The first-order valence-corrected chi connectivity index (χ1v) is 10.9. The van der Waals surface area contributed by atoms with Crippen LogP contribution in [0.1, 0.15) is 51.9 Å². The molecule has 0 radical (unpaired) electrons. The lowest BCUT2D eigenvalue weighted by Gasteiger charge is -2.43. The van der Waals surface area contributed by atoms with E-state index in [0.29, 0.717) is 12.8 Å². The molecule has 13 heteroatoms. The Bertz CT molecular complexity index is 854. The van der Waals surface area contributed by atoms with Gasteiger partial charge in [-0.05, 0) is 28.8 Å². The molecule has 1 aliphatic rings. The van der Waals surface area contributed by atoms with E-state index >= 15 is 0 Å². The molecule has 1 saturated heterocycles. The number of aliphatic hydroxyl groups is 4. The summed E-state index contributed by atoms with van der Waals surface area (Å²) >= 11 is 2.85. The molecule has 31 heavy (non-hydrogen) atoms. The first-order valence-electron chi connectivity index (χ1n) is 10.1. The van der Waals surface area contributed by atoms with Gasteiger partial charge in [-0.2, -0.15) is 0 Å². The summed E-state index contributed by atoms with van der Waals surface area (Å²) in [4.78, 5) is 25.7. The molecule has 0 aromatic carbocycles. The molecule has 1 fully saturated rings. The van der Waals surface area contributed by atoms with Crippen molar-refractivity contribution in [3.63, 3.8) is 0 Å². The zero-order valence-electron chi connectivity index (χ0n) is 17.1. The van der Waals surface area contributed by atoms with Crippen molar-refractivity contribution in [2.75, 3.05) is 6.61 Å². The predicted molar refractivity (Wildman–Crippen MR) is 109 cm³/mol. The van der Waals surface area contributed by atoms with Gasteiger partial charge in [0.1, 0.15) is 12.2 Å². The minimum absolute atomic E-state index is 0.248. The van der Waals surface area contributed by atoms with Crippen molar-refractivity contribution >= 4 is 15.9 Å². The van der Waals surface area contributed by atoms with Crippen LogP contribution in [-0.2, 0) is 10.6 Å². The van der Waals surface area contributed by atoms with Gasteiger partial charge in [-0.1, -0.05) is 39.0 Å². The van der Waals surface area contributed by atoms with Gasteiger partial charge in [0.25, 0.3) is 5.56 Å². The van der Waals surface area contributed by atoms with Crippen molar-refractivity contribution in [1.82, 2.24) is 14.6 Å². The third kappa shape index (κ3) is 4.93. The third-order valence-corrected chi connectivity index (χ3v) is 5.94. The van der Waals surface area contributed by atoms with Crippen molar-refractivity contribution in [2.24, 2.45) is 0 Å². The number of nitrogens with zero attached hydrogens (tertiary/aromatic N) is 2. The van der Waals surface area contributed by atoms with Crippen molar-refractivity contribution < 1.29 is 34.8 Å². The second kappa shape index (κ2) is 10.6. The molecular weight excluding hydrogens is 485 g/mol. The fraction of sp³-hybridized carbons (Fsp3) is 0.778. The van der Waals surface area contributed by atoms with Gasteiger partial charge in [-0.15, -0.1) is 5.06 Å². The number of rotatable bonds is 11. The van der Waals surface area contributed by atoms with Gasteiger partial charge in [0.05, 0.1) is 11.1 Å². The molecule has 0 amide bonds. The van der Waals surface area contributed by atoms with Gasteiger partial charge in [0.2, 0.25) is 5.72 Å². The lowest BCUT2D eigenvalue weighted by atomic mass is 10.00. The van der Waals surface area contributed by atoms with Crippen LogP contribution in [0, 0.1) is 0 Å². The summed E-state index contributed by atoms with van der Waals surface area (Å²) in [5, 5.41) is 52.1. The maximum absolute atomic E-state index is 14.8. The van der Waals surface area contributed by atoms with Crippen LogP contribution in [0.4, 0.5) is 4.39 Å². The first-order chi connectivity index (χ1) is 14.5. The van der Waals surface area contributed by atoms with Crippen LogP contribution >= 0.6 is 15.9 Å². The summed E-state index contributed by atoms with van der Waals surface area (Å²) < 4.78 is 19.9. The minimum Gasteiger partial charge on any atom is -0.394 e. The Morgan fingerprint density at radius 1 is 1.29 bits per heavy atom. The van der Waals surface area contributed by atoms with Crippen LogP contribution in [0.15, 0.2) is 20.3 Å². The van der Waals surface area contributed by atoms with E-state index < -0.39 is 48.0 Å². The van der Waals surface area contributed by atoms with Crippen LogP contribution in [0.3, 0.4) is 0 Å². The Morgan fingerprint density at radius 3 is 2.52 bits per heavy atom. The maximum Gasteiger partial charge on any atom is 0.332 e. The number of hydrogen-bond acceptors (Lipinski definition) is 9. The van der Waals surface area contributed by atoms with Gasteiger partial charge >= 0.3 is 11.6 Å². The quantitative estimate of drug-likeness (QED) is 0.104. The van der Waals surface area contributed by atoms with Gasteiger partial charge in [0, 0.05) is 6.20 Å². The van der Waals surface area contributed by atoms with Gasteiger partial charge in [-0.25, -0.2) is 13.8 Å². The molecule has 1 aromatic rings. The Balaban J connectivity index is 2.33. The number of hydrogen-bond donors (Lipinski definition) is 6. The van der Waals surface area contributed by atoms with E-state index in [1.807, 2.05) is 4.98 Å². The topological polar surface area (TPSA) is 168 Å². The molecule has 0 spiro atoms. The highest BCUT2D eigenvalue weighted by atomic mass is 79.9. The number of aromatic amines is 1. The lowest BCUT2D eigenvalue weighted by molar-refractivity contribution is -0.428. The van der Waals surface area contributed by atoms with Crippen molar-refractivity contribution in [2.45, 2.75) is 82.0 Å². The zero-order chi connectivity index (χ0) is 23.4. The van der Waals surface area contributed by atoms with Crippen LogP contribution < -0.4 is 11.2 Å². The Labute approximate surface area is 185 Å². The number of aliphatic hydroxyl groups excluding tert-OH is 2. The highest BCUT2D eigenvalue weighted by Gasteiger charge is 2.71. The first kappa shape index (κ1) is 26.1. The van der Waals surface area contributed by atoms with E-state index in [2.05, 4.69) is 22.9 Å². The highest BCUT2D eigenvalue weighted by Crippen LogP contribution is 2.44. The summed E-state index contributed by atoms with van der Waals surface area (Å²) in [5.41, 5.74) is -5.44. The Kier molecular flexibility index (Phi) is 8.93. The standard InChI is InChI=1S/C18H29BrFN3O8/c1-2-3-4-5-6-7-8-13(20)23(30)17(28)14(25)12(10-24)31-18(17,29)22-9-11(19)15(26)21-16(22)27/h9,12-14,24-25,28-30H,2-8,10H2,1H3,(H,21,26,27)/t12-,13?,14-,17-,18+/m1/s1. The zero-order valence-corrected chi connectivity index (χ0v) is 18.7. The molecule has 11 nitrogen and oxygen atoms in total. The average Bonchev–Trinajstić information content (AvgIpc) is 2.94. The average molecular weight is 514 g/mol. The second-order valence-corrected chi connectivity index (χ2v) is 8.41. The fourth-order valence-corrected chi connectivity index (χ4v) is 3.88. The molecule has 1 unspecified atom stereocenters. The summed E-state index contributed by atoms with van der Waals surface area (Å²) in [7, 11) is 0. The maximum atomic E-state index is 14.8. The number of aromatic nitrogens is 2. The Morgan fingerprint density at radius 2 is 1.90 bits per heavy atom. The van der Waals surface area contributed by atoms with E-state index in [1.54, 1.807) is 0 Å². The predicted octanol–water partition coefficient (Wildman–Crippen LogP) is 0.0797. The van der Waals surface area contributed by atoms with Crippen molar-refractivity contribution in [1.29, 1.82) is 0 Å². The molecule has 0 aliphatic carbocycles. The smallest absolute Gasteiger partial charge is 0.332 e. The number of H-pyrrole nitrogens is 1. The van der Waals surface area contributed by atoms with E-state index in [4.69, 9.17) is 4.74 Å². The van der Waals surface area contributed by atoms with Gasteiger partial charge in [-0.3, -0.25) is 9.78 Å². The molecule has 1 aromatic heterocycles. The molecule has 1 aliphatic heterocycles. The van der Waals surface area contributed by atoms with Crippen LogP contribution in [0.5, 0.6) is 0 Å². The van der Waals surface area contributed by atoms with Crippen LogP contribution in [-0.4, -0.2) is 71.1 Å². The molecule has 5 atom stereocenters. The molecule has 6 N–H and O–H groups in total. The largest absolute Gasteiger partial charge is 0.394 e. The summed E-state index contributed by atoms with van der Waals surface area (Å²) in [6, 6.07) is 0. The summed E-state index contributed by atoms with van der Waals surface area (Å²) in [5.74, 6) is -3.26. The number of halogens is 2. The molecule has 0 saturated carbocycles. The van der Waals surface area contributed by atoms with Gasteiger partial charge in [0.15, 0.2) is 6.30 Å². The molecule has 178 valence electrons. The van der Waals surface area contributed by atoms with E-state index in [9.17, 15) is 39.6 Å². The van der Waals surface area contributed by atoms with E-state index in [0.717, 1.165) is 31.9 Å². The van der Waals surface area contributed by atoms with Crippen molar-refractivity contribution in [3.8, 4) is 0 Å². The normalized spacial score (nSPS) is 29.6. The number of alkyl halides is 1. The third-order valence-electron chi connectivity index (χ3n) is 5.38. The summed E-state index contributed by atoms with van der Waals surface area (Å²) in [6.07, 6.45) is -0.720.